The summed E-state index contributed by atoms with van der Waals surface area (Å²) in [5.41, 5.74) is 4.27. The molecule has 3 heterocycles. The van der Waals surface area contributed by atoms with E-state index in [9.17, 15) is 0 Å². The minimum absolute atomic E-state index is 0.345. The van der Waals surface area contributed by atoms with Crippen LogP contribution in [0.5, 0.6) is 11.5 Å². The second kappa shape index (κ2) is 8.87. The van der Waals surface area contributed by atoms with Crippen LogP contribution in [-0.2, 0) is 0 Å². The van der Waals surface area contributed by atoms with Gasteiger partial charge in [-0.25, -0.2) is 9.97 Å². The minimum Gasteiger partial charge on any atom is -0.457 e. The molecule has 2 aromatic heterocycles. The molecule has 6 nitrogen and oxygen atoms in total. The fourth-order valence-electron chi connectivity index (χ4n) is 5.03. The van der Waals surface area contributed by atoms with Gasteiger partial charge in [0.05, 0.1) is 29.8 Å². The number of imidazole rings is 2. The van der Waals surface area contributed by atoms with Gasteiger partial charge in [-0.1, -0.05) is 25.0 Å². The maximum atomic E-state index is 6.15. The summed E-state index contributed by atoms with van der Waals surface area (Å²) in [7, 11) is 0. The normalized spacial score (nSPS) is 18.7. The Hall–Kier alpha value is -3.38. The van der Waals surface area contributed by atoms with Crippen molar-refractivity contribution < 1.29 is 4.74 Å². The van der Waals surface area contributed by atoms with Gasteiger partial charge in [0.1, 0.15) is 23.1 Å². The molecule has 1 atom stereocenters. The van der Waals surface area contributed by atoms with Crippen molar-refractivity contribution >= 4 is 0 Å². The van der Waals surface area contributed by atoms with Crippen molar-refractivity contribution in [2.75, 3.05) is 6.54 Å². The molecule has 168 valence electrons. The summed E-state index contributed by atoms with van der Waals surface area (Å²) >= 11 is 0. The third-order valence-electron chi connectivity index (χ3n) is 6.87. The lowest BCUT2D eigenvalue weighted by molar-refractivity contribution is 0.483. The Morgan fingerprint density at radius 1 is 0.727 bits per heavy atom. The van der Waals surface area contributed by atoms with Gasteiger partial charge in [-0.2, -0.15) is 0 Å². The third kappa shape index (κ3) is 4.31. The molecule has 2 aliphatic rings. The standard InChI is InChI=1S/C27H29N5O/c1-2-6-19(5-1)26-29-17-25(31-26)20-7-3-8-22(15-20)33-21-12-10-18(11-13-21)24-16-30-27(32-24)23-9-4-14-28-23/h3,7-8,10-13,15-17,19,23,28H,1-2,4-6,9,14H2,(H,29,31)(H,30,32)/t23-/m0/s1. The second-order valence-corrected chi connectivity index (χ2v) is 9.15. The van der Waals surface area contributed by atoms with E-state index in [1.54, 1.807) is 0 Å². The van der Waals surface area contributed by atoms with E-state index in [1.807, 2.05) is 36.7 Å². The van der Waals surface area contributed by atoms with Crippen LogP contribution >= 0.6 is 0 Å². The van der Waals surface area contributed by atoms with E-state index in [2.05, 4.69) is 49.5 Å². The summed E-state index contributed by atoms with van der Waals surface area (Å²) in [6.07, 6.45) is 11.3. The number of rotatable bonds is 6. The van der Waals surface area contributed by atoms with E-state index in [0.717, 1.165) is 58.6 Å². The van der Waals surface area contributed by atoms with Crippen molar-refractivity contribution in [2.45, 2.75) is 50.5 Å². The Morgan fingerprint density at radius 3 is 2.27 bits per heavy atom. The summed E-state index contributed by atoms with van der Waals surface area (Å²) in [6.45, 7) is 1.07. The van der Waals surface area contributed by atoms with E-state index in [4.69, 9.17) is 4.74 Å². The molecule has 1 saturated carbocycles. The number of nitrogens with zero attached hydrogens (tertiary/aromatic N) is 2. The molecule has 2 fully saturated rings. The van der Waals surface area contributed by atoms with Crippen LogP contribution in [0.3, 0.4) is 0 Å². The molecule has 1 aliphatic carbocycles. The topological polar surface area (TPSA) is 78.6 Å². The molecule has 6 rings (SSSR count). The van der Waals surface area contributed by atoms with Crippen LogP contribution in [0.25, 0.3) is 22.5 Å². The van der Waals surface area contributed by atoms with Gasteiger partial charge in [0.25, 0.3) is 0 Å². The fourth-order valence-corrected chi connectivity index (χ4v) is 5.03. The molecule has 4 aromatic rings. The predicted molar refractivity (Wildman–Crippen MR) is 129 cm³/mol. The van der Waals surface area contributed by atoms with Gasteiger partial charge in [0.2, 0.25) is 0 Å². The lowest BCUT2D eigenvalue weighted by Gasteiger charge is -2.08. The lowest BCUT2D eigenvalue weighted by Crippen LogP contribution is -2.14. The van der Waals surface area contributed by atoms with E-state index in [1.165, 1.54) is 32.1 Å². The first kappa shape index (κ1) is 20.2. The van der Waals surface area contributed by atoms with Gasteiger partial charge in [-0.15, -0.1) is 0 Å². The molecule has 1 saturated heterocycles. The highest BCUT2D eigenvalue weighted by molar-refractivity contribution is 5.62. The quantitative estimate of drug-likeness (QED) is 0.327. The molecule has 1 aliphatic heterocycles. The predicted octanol–water partition coefficient (Wildman–Crippen LogP) is 6.34. The molecule has 0 bridgehead atoms. The highest BCUT2D eigenvalue weighted by Crippen LogP contribution is 2.34. The van der Waals surface area contributed by atoms with Crippen molar-refractivity contribution in [1.29, 1.82) is 0 Å². The van der Waals surface area contributed by atoms with Crippen LogP contribution in [0.15, 0.2) is 60.9 Å². The Bertz CT molecular complexity index is 1210. The average Bonchev–Trinajstić information content (AvgIpc) is 3.65. The van der Waals surface area contributed by atoms with Gasteiger partial charge in [-0.3, -0.25) is 0 Å². The van der Waals surface area contributed by atoms with Crippen LogP contribution < -0.4 is 10.1 Å². The Kier molecular flexibility index (Phi) is 5.44. The number of aromatic nitrogens is 4. The molecule has 6 heteroatoms. The number of aromatic amines is 2. The Labute approximate surface area is 193 Å². The van der Waals surface area contributed by atoms with Gasteiger partial charge in [0.15, 0.2) is 0 Å². The lowest BCUT2D eigenvalue weighted by atomic mass is 10.1. The summed E-state index contributed by atoms with van der Waals surface area (Å²) in [4.78, 5) is 16.2. The van der Waals surface area contributed by atoms with Crippen molar-refractivity contribution in [3.63, 3.8) is 0 Å². The van der Waals surface area contributed by atoms with Gasteiger partial charge >= 0.3 is 0 Å². The van der Waals surface area contributed by atoms with E-state index in [0.29, 0.717) is 12.0 Å². The largest absolute Gasteiger partial charge is 0.457 e. The summed E-state index contributed by atoms with van der Waals surface area (Å²) in [6, 6.07) is 16.7. The van der Waals surface area contributed by atoms with Crippen LogP contribution in [0.2, 0.25) is 0 Å². The van der Waals surface area contributed by atoms with E-state index < -0.39 is 0 Å². The van der Waals surface area contributed by atoms with Crippen molar-refractivity contribution in [1.82, 2.24) is 25.3 Å². The number of nitrogens with one attached hydrogen (secondary N) is 3. The molecule has 0 unspecified atom stereocenters. The van der Waals surface area contributed by atoms with Crippen LogP contribution in [-0.4, -0.2) is 26.5 Å². The van der Waals surface area contributed by atoms with Crippen molar-refractivity contribution in [3.8, 4) is 34.0 Å². The van der Waals surface area contributed by atoms with Gasteiger partial charge < -0.3 is 20.0 Å². The van der Waals surface area contributed by atoms with Crippen molar-refractivity contribution in [3.05, 3.63) is 72.6 Å². The molecular weight excluding hydrogens is 410 g/mol. The molecule has 2 aromatic carbocycles. The molecule has 0 spiro atoms. The Morgan fingerprint density at radius 2 is 1.48 bits per heavy atom. The molecule has 3 N–H and O–H groups in total. The Balaban J connectivity index is 1.15. The molecule has 33 heavy (non-hydrogen) atoms. The number of benzene rings is 2. The monoisotopic (exact) mass is 439 g/mol. The number of hydrogen-bond acceptors (Lipinski definition) is 4. The maximum Gasteiger partial charge on any atom is 0.128 e. The first-order valence-corrected chi connectivity index (χ1v) is 12.0. The van der Waals surface area contributed by atoms with E-state index >= 15 is 0 Å². The molecule has 0 radical (unpaired) electrons. The van der Waals surface area contributed by atoms with Gasteiger partial charge in [-0.05, 0) is 74.2 Å². The van der Waals surface area contributed by atoms with Crippen LogP contribution in [0, 0.1) is 0 Å². The zero-order valence-corrected chi connectivity index (χ0v) is 18.7. The zero-order chi connectivity index (χ0) is 22.0. The number of hydrogen-bond donors (Lipinski definition) is 3. The summed E-state index contributed by atoms with van der Waals surface area (Å²) in [5.74, 6) is 4.35. The van der Waals surface area contributed by atoms with Crippen LogP contribution in [0.4, 0.5) is 0 Å². The van der Waals surface area contributed by atoms with E-state index in [-0.39, 0.29) is 0 Å². The van der Waals surface area contributed by atoms with Gasteiger partial charge in [0, 0.05) is 11.5 Å². The first-order valence-electron chi connectivity index (χ1n) is 12.0. The first-order chi connectivity index (χ1) is 16.3. The minimum atomic E-state index is 0.345. The number of ether oxygens (including phenoxy) is 1. The second-order valence-electron chi connectivity index (χ2n) is 9.15. The molecular formula is C27H29N5O. The highest BCUT2D eigenvalue weighted by Gasteiger charge is 2.20. The SMILES string of the molecule is c1cc(Oc2ccc(-c3cnc([C@@H]4CCCN4)[nH]3)cc2)cc(-c2cnc(C3CCCC3)[nH]2)c1. The molecule has 0 amide bonds. The maximum absolute atomic E-state index is 6.15. The third-order valence-corrected chi connectivity index (χ3v) is 6.87. The average molecular weight is 440 g/mol. The fraction of sp³-hybridized carbons (Fsp3) is 0.333. The summed E-state index contributed by atoms with van der Waals surface area (Å²) in [5, 5.41) is 3.49. The number of H-pyrrole nitrogens is 2. The van der Waals surface area contributed by atoms with Crippen LogP contribution in [0.1, 0.15) is 62.1 Å². The smallest absolute Gasteiger partial charge is 0.128 e. The summed E-state index contributed by atoms with van der Waals surface area (Å²) < 4.78 is 6.15. The highest BCUT2D eigenvalue weighted by atomic mass is 16.5. The van der Waals surface area contributed by atoms with Crippen molar-refractivity contribution in [2.24, 2.45) is 0 Å². The zero-order valence-electron chi connectivity index (χ0n) is 18.7.